The van der Waals surface area contributed by atoms with Gasteiger partial charge in [-0.1, -0.05) is 30.3 Å². The number of amides is 1. The summed E-state index contributed by atoms with van der Waals surface area (Å²) < 4.78 is 10.6. The molecule has 0 radical (unpaired) electrons. The molecule has 2 aromatic rings. The van der Waals surface area contributed by atoms with Gasteiger partial charge < -0.3 is 19.7 Å². The molecule has 1 amide bonds. The van der Waals surface area contributed by atoms with E-state index in [9.17, 15) is 4.79 Å². The summed E-state index contributed by atoms with van der Waals surface area (Å²) >= 11 is 0. The second-order valence-corrected chi connectivity index (χ2v) is 5.33. The zero-order chi connectivity index (χ0) is 16.2. The Kier molecular flexibility index (Phi) is 4.48. The maximum absolute atomic E-state index is 12.9. The fourth-order valence-corrected chi connectivity index (χ4v) is 2.85. The summed E-state index contributed by atoms with van der Waals surface area (Å²) in [5.41, 5.74) is 2.44. The lowest BCUT2D eigenvalue weighted by atomic mass is 10.0. The van der Waals surface area contributed by atoms with Gasteiger partial charge in [-0.25, -0.2) is 0 Å². The minimum Gasteiger partial charge on any atom is -0.496 e. The summed E-state index contributed by atoms with van der Waals surface area (Å²) in [7, 11) is 3.27. The van der Waals surface area contributed by atoms with Crippen molar-refractivity contribution < 1.29 is 14.3 Å². The Labute approximate surface area is 135 Å². The molecule has 0 saturated carbocycles. The first-order valence-electron chi connectivity index (χ1n) is 7.54. The highest BCUT2D eigenvalue weighted by Crippen LogP contribution is 2.36. The molecule has 1 N–H and O–H groups in total. The van der Waals surface area contributed by atoms with Gasteiger partial charge in [-0.3, -0.25) is 4.79 Å². The minimum absolute atomic E-state index is 0.00712. The molecular formula is C18H20N2O3. The van der Waals surface area contributed by atoms with Crippen LogP contribution in [0, 0.1) is 0 Å². The van der Waals surface area contributed by atoms with Gasteiger partial charge in [0.2, 0.25) is 0 Å². The summed E-state index contributed by atoms with van der Waals surface area (Å²) in [4.78, 5) is 14.7. The Hall–Kier alpha value is -2.53. The SMILES string of the molecule is COCCN1C(=O)c2ccccc2N[C@@H]1c1ccccc1OC. The second kappa shape index (κ2) is 6.71. The topological polar surface area (TPSA) is 50.8 Å². The molecule has 0 aromatic heterocycles. The van der Waals surface area contributed by atoms with Gasteiger partial charge in [0.1, 0.15) is 11.9 Å². The lowest BCUT2D eigenvalue weighted by molar-refractivity contribution is 0.0607. The van der Waals surface area contributed by atoms with Gasteiger partial charge in [-0.2, -0.15) is 0 Å². The van der Waals surface area contributed by atoms with Crippen molar-refractivity contribution in [2.24, 2.45) is 0 Å². The van der Waals surface area contributed by atoms with Gasteiger partial charge in [0.25, 0.3) is 5.91 Å². The van der Waals surface area contributed by atoms with Crippen LogP contribution in [-0.2, 0) is 4.74 Å². The van der Waals surface area contributed by atoms with Crippen molar-refractivity contribution in [1.82, 2.24) is 4.90 Å². The van der Waals surface area contributed by atoms with Gasteiger partial charge in [-0.05, 0) is 18.2 Å². The van der Waals surface area contributed by atoms with Crippen LogP contribution >= 0.6 is 0 Å². The molecule has 0 fully saturated rings. The van der Waals surface area contributed by atoms with Crippen molar-refractivity contribution >= 4 is 11.6 Å². The summed E-state index contributed by atoms with van der Waals surface area (Å²) in [6.45, 7) is 0.973. The number of hydrogen-bond acceptors (Lipinski definition) is 4. The van der Waals surface area contributed by atoms with E-state index in [2.05, 4.69) is 5.32 Å². The highest BCUT2D eigenvalue weighted by molar-refractivity contribution is 6.01. The normalized spacial score (nSPS) is 16.7. The number of para-hydroxylation sites is 2. The van der Waals surface area contributed by atoms with E-state index < -0.39 is 0 Å². The first kappa shape index (κ1) is 15.4. The fraction of sp³-hybridized carbons (Fsp3) is 0.278. The number of ether oxygens (including phenoxy) is 2. The second-order valence-electron chi connectivity index (χ2n) is 5.33. The van der Waals surface area contributed by atoms with E-state index in [0.29, 0.717) is 18.7 Å². The lowest BCUT2D eigenvalue weighted by Crippen LogP contribution is -2.44. The highest BCUT2D eigenvalue weighted by Gasteiger charge is 2.33. The molecule has 1 heterocycles. The number of fused-ring (bicyclic) bond motifs is 1. The molecule has 1 atom stereocenters. The predicted molar refractivity (Wildman–Crippen MR) is 88.7 cm³/mol. The van der Waals surface area contributed by atoms with Crippen molar-refractivity contribution in [1.29, 1.82) is 0 Å². The van der Waals surface area contributed by atoms with Gasteiger partial charge in [0.05, 0.1) is 19.3 Å². The minimum atomic E-state index is -0.288. The van der Waals surface area contributed by atoms with Gasteiger partial charge in [-0.15, -0.1) is 0 Å². The molecule has 23 heavy (non-hydrogen) atoms. The van der Waals surface area contributed by atoms with Crippen LogP contribution in [0.2, 0.25) is 0 Å². The van der Waals surface area contributed by atoms with E-state index in [-0.39, 0.29) is 12.1 Å². The quantitative estimate of drug-likeness (QED) is 0.922. The van der Waals surface area contributed by atoms with Crippen molar-refractivity contribution in [3.05, 3.63) is 59.7 Å². The number of nitrogens with one attached hydrogen (secondary N) is 1. The maximum Gasteiger partial charge on any atom is 0.257 e. The third kappa shape index (κ3) is 2.87. The number of carbonyl (C=O) groups is 1. The average molecular weight is 312 g/mol. The van der Waals surface area contributed by atoms with Crippen molar-refractivity contribution in [3.63, 3.8) is 0 Å². The third-order valence-electron chi connectivity index (χ3n) is 3.99. The largest absolute Gasteiger partial charge is 0.496 e. The van der Waals surface area contributed by atoms with E-state index in [1.807, 2.05) is 48.5 Å². The van der Waals surface area contributed by atoms with Crippen molar-refractivity contribution in [2.45, 2.75) is 6.17 Å². The molecule has 0 bridgehead atoms. The molecule has 120 valence electrons. The van der Waals surface area contributed by atoms with Crippen LogP contribution in [0.4, 0.5) is 5.69 Å². The van der Waals surface area contributed by atoms with Crippen LogP contribution in [0.25, 0.3) is 0 Å². The number of nitrogens with zero attached hydrogens (tertiary/aromatic N) is 1. The molecule has 0 spiro atoms. The van der Waals surface area contributed by atoms with Gasteiger partial charge in [0.15, 0.2) is 0 Å². The summed E-state index contributed by atoms with van der Waals surface area (Å²) in [5.74, 6) is 0.743. The molecule has 0 saturated heterocycles. The molecule has 1 aliphatic heterocycles. The lowest BCUT2D eigenvalue weighted by Gasteiger charge is -2.38. The van der Waals surface area contributed by atoms with Crippen LogP contribution in [0.5, 0.6) is 5.75 Å². The van der Waals surface area contributed by atoms with E-state index in [4.69, 9.17) is 9.47 Å². The highest BCUT2D eigenvalue weighted by atomic mass is 16.5. The average Bonchev–Trinajstić information content (AvgIpc) is 2.61. The molecule has 5 nitrogen and oxygen atoms in total. The molecular weight excluding hydrogens is 292 g/mol. The Bertz CT molecular complexity index is 702. The Morgan fingerprint density at radius 2 is 1.83 bits per heavy atom. The molecule has 0 aliphatic carbocycles. The number of rotatable bonds is 5. The van der Waals surface area contributed by atoms with Crippen molar-refractivity contribution in [2.75, 3.05) is 32.7 Å². The first-order valence-corrected chi connectivity index (χ1v) is 7.54. The summed E-state index contributed by atoms with van der Waals surface area (Å²) in [6.07, 6.45) is -0.288. The molecule has 0 unspecified atom stereocenters. The molecule has 1 aliphatic rings. The third-order valence-corrected chi connectivity index (χ3v) is 3.99. The maximum atomic E-state index is 12.9. The Morgan fingerprint density at radius 1 is 1.09 bits per heavy atom. The molecule has 5 heteroatoms. The standard InChI is InChI=1S/C18H20N2O3/c1-22-12-11-20-17(14-8-4-6-10-16(14)23-2)19-15-9-5-3-7-13(15)18(20)21/h3-10,17,19H,11-12H2,1-2H3/t17-/m0/s1. The Morgan fingerprint density at radius 3 is 2.61 bits per heavy atom. The summed E-state index contributed by atoms with van der Waals surface area (Å²) in [6, 6.07) is 15.3. The predicted octanol–water partition coefficient (Wildman–Crippen LogP) is 2.91. The number of benzene rings is 2. The summed E-state index contributed by atoms with van der Waals surface area (Å²) in [5, 5.41) is 3.45. The zero-order valence-corrected chi connectivity index (χ0v) is 13.3. The molecule has 2 aromatic carbocycles. The smallest absolute Gasteiger partial charge is 0.257 e. The monoisotopic (exact) mass is 312 g/mol. The Balaban J connectivity index is 2.04. The van der Waals surface area contributed by atoms with E-state index in [1.54, 1.807) is 19.1 Å². The van der Waals surface area contributed by atoms with Crippen molar-refractivity contribution in [3.8, 4) is 5.75 Å². The number of carbonyl (C=O) groups excluding carboxylic acids is 1. The fourth-order valence-electron chi connectivity index (χ4n) is 2.85. The number of anilines is 1. The van der Waals surface area contributed by atoms with Crippen LogP contribution in [-0.4, -0.2) is 38.2 Å². The number of hydrogen-bond donors (Lipinski definition) is 1. The van der Waals surface area contributed by atoms with Gasteiger partial charge in [0, 0.05) is 24.9 Å². The van der Waals surface area contributed by atoms with Gasteiger partial charge >= 0.3 is 0 Å². The molecule has 3 rings (SSSR count). The van der Waals surface area contributed by atoms with Crippen LogP contribution in [0.1, 0.15) is 22.1 Å². The van der Waals surface area contributed by atoms with E-state index in [1.165, 1.54) is 0 Å². The first-order chi connectivity index (χ1) is 11.3. The van der Waals surface area contributed by atoms with Crippen LogP contribution in [0.15, 0.2) is 48.5 Å². The van der Waals surface area contributed by atoms with E-state index >= 15 is 0 Å². The number of methoxy groups -OCH3 is 2. The zero-order valence-electron chi connectivity index (χ0n) is 13.3. The van der Waals surface area contributed by atoms with Crippen LogP contribution in [0.3, 0.4) is 0 Å². The van der Waals surface area contributed by atoms with Crippen LogP contribution < -0.4 is 10.1 Å². The van der Waals surface area contributed by atoms with E-state index in [0.717, 1.165) is 17.0 Å².